The van der Waals surface area contributed by atoms with E-state index in [1.165, 1.54) is 0 Å². The number of oxime groups is 1. The molecule has 0 saturated carbocycles. The zero-order valence-electron chi connectivity index (χ0n) is 11.6. The highest BCUT2D eigenvalue weighted by Crippen LogP contribution is 2.25. The van der Waals surface area contributed by atoms with Crippen molar-refractivity contribution in [2.45, 2.75) is 24.3 Å². The first-order valence-electron chi connectivity index (χ1n) is 6.54. The predicted molar refractivity (Wildman–Crippen MR) is 81.4 cm³/mol. The Labute approximate surface area is 122 Å². The van der Waals surface area contributed by atoms with Crippen molar-refractivity contribution in [3.63, 3.8) is 0 Å². The smallest absolute Gasteiger partial charge is 0.253 e. The predicted octanol–water partition coefficient (Wildman–Crippen LogP) is 1.75. The molecule has 1 aliphatic rings. The maximum Gasteiger partial charge on any atom is 0.253 e. The standard InChI is InChI=1S/C14H19N3O2S/c1-9-7-17(8-10(2)20-9)14(18)12-5-3-11(4-6-12)13(15)16-19/h3-6,9-10,19H,7-8H2,1-2H3,(H2,15,16). The molecule has 0 bridgehead atoms. The first kappa shape index (κ1) is 14.7. The third-order valence-electron chi connectivity index (χ3n) is 3.24. The van der Waals surface area contributed by atoms with E-state index in [0.29, 0.717) is 21.6 Å². The van der Waals surface area contributed by atoms with E-state index < -0.39 is 0 Å². The van der Waals surface area contributed by atoms with Crippen molar-refractivity contribution in [1.82, 2.24) is 4.90 Å². The first-order valence-corrected chi connectivity index (χ1v) is 7.48. The Morgan fingerprint density at radius 3 is 2.25 bits per heavy atom. The monoisotopic (exact) mass is 293 g/mol. The Bertz CT molecular complexity index is 506. The summed E-state index contributed by atoms with van der Waals surface area (Å²) in [5, 5.41) is 12.5. The first-order chi connectivity index (χ1) is 9.51. The summed E-state index contributed by atoms with van der Waals surface area (Å²) in [4.78, 5) is 14.3. The Balaban J connectivity index is 2.13. The number of thioether (sulfide) groups is 1. The van der Waals surface area contributed by atoms with E-state index in [0.717, 1.165) is 13.1 Å². The Kier molecular flexibility index (Phi) is 4.54. The summed E-state index contributed by atoms with van der Waals surface area (Å²) >= 11 is 1.91. The number of amides is 1. The Morgan fingerprint density at radius 2 is 1.75 bits per heavy atom. The normalized spacial score (nSPS) is 23.7. The summed E-state index contributed by atoms with van der Waals surface area (Å²) in [5.41, 5.74) is 6.73. The summed E-state index contributed by atoms with van der Waals surface area (Å²) < 4.78 is 0. The van der Waals surface area contributed by atoms with E-state index in [1.807, 2.05) is 16.7 Å². The number of hydrogen-bond acceptors (Lipinski definition) is 4. The van der Waals surface area contributed by atoms with Crippen LogP contribution in [0.25, 0.3) is 0 Å². The largest absolute Gasteiger partial charge is 0.409 e. The number of hydrogen-bond donors (Lipinski definition) is 2. The van der Waals surface area contributed by atoms with Crippen LogP contribution in [0.2, 0.25) is 0 Å². The number of nitrogens with two attached hydrogens (primary N) is 1. The molecule has 2 atom stereocenters. The molecule has 2 rings (SSSR count). The summed E-state index contributed by atoms with van der Waals surface area (Å²) in [6.45, 7) is 5.83. The number of carbonyl (C=O) groups is 1. The molecule has 1 fully saturated rings. The number of carbonyl (C=O) groups excluding carboxylic acids is 1. The summed E-state index contributed by atoms with van der Waals surface area (Å²) in [5.74, 6) is 0.0793. The molecule has 1 heterocycles. The van der Waals surface area contributed by atoms with Gasteiger partial charge in [0.25, 0.3) is 5.91 Å². The van der Waals surface area contributed by atoms with Crippen molar-refractivity contribution in [3.05, 3.63) is 35.4 Å². The summed E-state index contributed by atoms with van der Waals surface area (Å²) in [6, 6.07) is 6.81. The van der Waals surface area contributed by atoms with Crippen LogP contribution in [0.4, 0.5) is 0 Å². The summed E-state index contributed by atoms with van der Waals surface area (Å²) in [6.07, 6.45) is 0. The second-order valence-corrected chi connectivity index (χ2v) is 6.91. The molecular formula is C14H19N3O2S. The van der Waals surface area contributed by atoms with E-state index in [-0.39, 0.29) is 11.7 Å². The second kappa shape index (κ2) is 6.17. The molecule has 2 unspecified atom stereocenters. The summed E-state index contributed by atoms with van der Waals surface area (Å²) in [7, 11) is 0. The lowest BCUT2D eigenvalue weighted by Gasteiger charge is -2.34. The fourth-order valence-electron chi connectivity index (χ4n) is 2.37. The molecule has 20 heavy (non-hydrogen) atoms. The van der Waals surface area contributed by atoms with Crippen LogP contribution in [0.3, 0.4) is 0 Å². The van der Waals surface area contributed by atoms with Crippen LogP contribution in [0.1, 0.15) is 29.8 Å². The van der Waals surface area contributed by atoms with Crippen LogP contribution in [0.15, 0.2) is 29.4 Å². The third kappa shape index (κ3) is 3.25. The van der Waals surface area contributed by atoms with Crippen molar-refractivity contribution >= 4 is 23.5 Å². The third-order valence-corrected chi connectivity index (χ3v) is 4.47. The molecule has 1 aromatic carbocycles. The molecule has 6 heteroatoms. The van der Waals surface area contributed by atoms with Gasteiger partial charge in [0.2, 0.25) is 0 Å². The average Bonchev–Trinajstić information content (AvgIpc) is 2.45. The van der Waals surface area contributed by atoms with Gasteiger partial charge in [-0.25, -0.2) is 0 Å². The molecule has 0 radical (unpaired) electrons. The average molecular weight is 293 g/mol. The van der Waals surface area contributed by atoms with Crippen LogP contribution in [-0.4, -0.2) is 45.4 Å². The van der Waals surface area contributed by atoms with Gasteiger partial charge < -0.3 is 15.8 Å². The number of benzene rings is 1. The van der Waals surface area contributed by atoms with Gasteiger partial charge in [0.1, 0.15) is 0 Å². The van der Waals surface area contributed by atoms with Crippen LogP contribution in [0, 0.1) is 0 Å². The highest BCUT2D eigenvalue weighted by atomic mass is 32.2. The Morgan fingerprint density at radius 1 is 1.25 bits per heavy atom. The number of amidine groups is 1. The quantitative estimate of drug-likeness (QED) is 0.377. The van der Waals surface area contributed by atoms with Crippen molar-refractivity contribution < 1.29 is 10.0 Å². The van der Waals surface area contributed by atoms with Crippen molar-refractivity contribution in [2.75, 3.05) is 13.1 Å². The minimum atomic E-state index is 0.0371. The maximum atomic E-state index is 12.4. The van der Waals surface area contributed by atoms with Crippen LogP contribution in [-0.2, 0) is 0 Å². The van der Waals surface area contributed by atoms with Gasteiger partial charge in [0.05, 0.1) is 0 Å². The highest BCUT2D eigenvalue weighted by Gasteiger charge is 2.26. The van der Waals surface area contributed by atoms with E-state index >= 15 is 0 Å². The minimum absolute atomic E-state index is 0.0371. The molecule has 5 nitrogen and oxygen atoms in total. The van der Waals surface area contributed by atoms with Gasteiger partial charge in [-0.3, -0.25) is 4.79 Å². The van der Waals surface area contributed by atoms with E-state index in [9.17, 15) is 4.79 Å². The van der Waals surface area contributed by atoms with Gasteiger partial charge in [0.15, 0.2) is 5.84 Å². The molecule has 0 aromatic heterocycles. The lowest BCUT2D eigenvalue weighted by atomic mass is 10.1. The van der Waals surface area contributed by atoms with E-state index in [4.69, 9.17) is 10.9 Å². The van der Waals surface area contributed by atoms with Gasteiger partial charge >= 0.3 is 0 Å². The zero-order valence-corrected chi connectivity index (χ0v) is 12.4. The van der Waals surface area contributed by atoms with Crippen LogP contribution >= 0.6 is 11.8 Å². The van der Waals surface area contributed by atoms with Crippen molar-refractivity contribution in [1.29, 1.82) is 0 Å². The molecule has 1 amide bonds. The lowest BCUT2D eigenvalue weighted by Crippen LogP contribution is -2.44. The number of nitrogens with zero attached hydrogens (tertiary/aromatic N) is 2. The van der Waals surface area contributed by atoms with Crippen LogP contribution < -0.4 is 5.73 Å². The lowest BCUT2D eigenvalue weighted by molar-refractivity contribution is 0.0753. The van der Waals surface area contributed by atoms with E-state index in [1.54, 1.807) is 24.3 Å². The SMILES string of the molecule is CC1CN(C(=O)c2ccc(C(N)=NO)cc2)CC(C)S1. The second-order valence-electron chi connectivity index (χ2n) is 5.03. The number of rotatable bonds is 2. The molecular weight excluding hydrogens is 274 g/mol. The van der Waals surface area contributed by atoms with Gasteiger partial charge in [-0.15, -0.1) is 0 Å². The Hall–Kier alpha value is -1.69. The molecule has 108 valence electrons. The highest BCUT2D eigenvalue weighted by molar-refractivity contribution is 8.00. The van der Waals surface area contributed by atoms with Crippen LogP contribution in [0.5, 0.6) is 0 Å². The topological polar surface area (TPSA) is 78.9 Å². The molecule has 0 spiro atoms. The van der Waals surface area contributed by atoms with Gasteiger partial charge in [0, 0.05) is 34.7 Å². The van der Waals surface area contributed by atoms with Gasteiger partial charge in [-0.05, 0) is 12.1 Å². The fourth-order valence-corrected chi connectivity index (χ4v) is 3.69. The molecule has 1 aromatic rings. The molecule has 1 aliphatic heterocycles. The van der Waals surface area contributed by atoms with Gasteiger partial charge in [-0.2, -0.15) is 11.8 Å². The van der Waals surface area contributed by atoms with Crippen molar-refractivity contribution in [3.8, 4) is 0 Å². The minimum Gasteiger partial charge on any atom is -0.409 e. The fraction of sp³-hybridized carbons (Fsp3) is 0.429. The molecule has 0 aliphatic carbocycles. The van der Waals surface area contributed by atoms with E-state index in [2.05, 4.69) is 19.0 Å². The van der Waals surface area contributed by atoms with Gasteiger partial charge in [-0.1, -0.05) is 31.1 Å². The van der Waals surface area contributed by atoms with Crippen molar-refractivity contribution in [2.24, 2.45) is 10.9 Å². The zero-order chi connectivity index (χ0) is 14.7. The maximum absolute atomic E-state index is 12.4. The molecule has 1 saturated heterocycles. The molecule has 3 N–H and O–H groups in total.